The maximum atomic E-state index is 5.55. The van der Waals surface area contributed by atoms with Gasteiger partial charge in [0, 0.05) is 13.1 Å². The number of nitrogen functional groups attached to an aromatic ring is 4. The summed E-state index contributed by atoms with van der Waals surface area (Å²) in [6.07, 6.45) is 14.9. The fourth-order valence-electron chi connectivity index (χ4n) is 3.40. The van der Waals surface area contributed by atoms with Crippen LogP contribution in [0.5, 0.6) is 0 Å². The number of rotatable bonds is 17. The van der Waals surface area contributed by atoms with Gasteiger partial charge < -0.3 is 33.6 Å². The average Bonchev–Trinajstić information content (AvgIpc) is 2.72. The summed E-state index contributed by atoms with van der Waals surface area (Å²) in [4.78, 5) is 23.5. The molecule has 2 heterocycles. The zero-order chi connectivity index (χ0) is 23.0. The van der Waals surface area contributed by atoms with E-state index >= 15 is 0 Å². The van der Waals surface area contributed by atoms with Crippen LogP contribution in [0.4, 0.5) is 35.7 Å². The number of hydrogen-bond acceptors (Lipinski definition) is 12. The molecular formula is C20H38N12. The molecule has 0 aliphatic rings. The Bertz CT molecular complexity index is 679. The van der Waals surface area contributed by atoms with Gasteiger partial charge in [-0.15, -0.1) is 0 Å². The average molecular weight is 447 g/mol. The highest BCUT2D eigenvalue weighted by atomic mass is 15.2. The van der Waals surface area contributed by atoms with Crippen LogP contribution in [0.1, 0.15) is 77.0 Å². The molecule has 12 nitrogen and oxygen atoms in total. The Morgan fingerprint density at radius 1 is 0.375 bits per heavy atom. The number of anilines is 6. The van der Waals surface area contributed by atoms with Crippen molar-refractivity contribution < 1.29 is 0 Å². The molecule has 10 N–H and O–H groups in total. The third-order valence-corrected chi connectivity index (χ3v) is 5.01. The van der Waals surface area contributed by atoms with Gasteiger partial charge in [0.2, 0.25) is 35.7 Å². The lowest BCUT2D eigenvalue weighted by molar-refractivity contribution is 0.544. The van der Waals surface area contributed by atoms with Crippen molar-refractivity contribution in [2.75, 3.05) is 46.7 Å². The second kappa shape index (κ2) is 14.8. The molecule has 0 atom stereocenters. The van der Waals surface area contributed by atoms with E-state index in [0.717, 1.165) is 25.9 Å². The number of nitrogens with one attached hydrogen (secondary N) is 2. The smallest absolute Gasteiger partial charge is 0.229 e. The van der Waals surface area contributed by atoms with Crippen LogP contribution in [0.25, 0.3) is 0 Å². The Kier molecular flexibility index (Phi) is 11.6. The molecule has 0 saturated carbocycles. The van der Waals surface area contributed by atoms with Crippen molar-refractivity contribution >= 4 is 35.7 Å². The second-order valence-corrected chi connectivity index (χ2v) is 7.85. The maximum absolute atomic E-state index is 5.55. The molecule has 0 radical (unpaired) electrons. The van der Waals surface area contributed by atoms with Gasteiger partial charge in [0.15, 0.2) is 0 Å². The maximum Gasteiger partial charge on any atom is 0.229 e. The summed E-state index contributed by atoms with van der Waals surface area (Å²) in [6.45, 7) is 1.63. The van der Waals surface area contributed by atoms with E-state index in [9.17, 15) is 0 Å². The van der Waals surface area contributed by atoms with E-state index in [0.29, 0.717) is 11.9 Å². The van der Waals surface area contributed by atoms with Crippen molar-refractivity contribution in [3.05, 3.63) is 0 Å². The number of unbranched alkanes of at least 4 members (excludes halogenated alkanes) is 11. The van der Waals surface area contributed by atoms with Crippen molar-refractivity contribution in [3.63, 3.8) is 0 Å². The molecule has 0 aliphatic carbocycles. The standard InChI is InChI=1S/C20H38N12/c21-15-27-16(22)30-19(29-15)25-13-11-9-7-5-3-1-2-4-6-8-10-12-14-26-20-31-17(23)28-18(24)32-20/h1-14H2,(H5,21,22,25,27,29,30)(H5,23,24,26,28,31,32). The first-order chi connectivity index (χ1) is 15.5. The topological polar surface area (TPSA) is 205 Å². The van der Waals surface area contributed by atoms with E-state index < -0.39 is 0 Å². The summed E-state index contributed by atoms with van der Waals surface area (Å²) >= 11 is 0. The molecule has 32 heavy (non-hydrogen) atoms. The van der Waals surface area contributed by atoms with Crippen LogP contribution < -0.4 is 33.6 Å². The van der Waals surface area contributed by atoms with E-state index in [1.54, 1.807) is 0 Å². The Labute approximate surface area is 189 Å². The summed E-state index contributed by atoms with van der Waals surface area (Å²) in [5, 5.41) is 6.27. The van der Waals surface area contributed by atoms with Crippen LogP contribution >= 0.6 is 0 Å². The van der Waals surface area contributed by atoms with Gasteiger partial charge in [0.25, 0.3) is 0 Å². The second-order valence-electron chi connectivity index (χ2n) is 7.85. The molecule has 12 heteroatoms. The summed E-state index contributed by atoms with van der Waals surface area (Å²) in [7, 11) is 0. The molecule has 0 aliphatic heterocycles. The summed E-state index contributed by atoms with van der Waals surface area (Å²) < 4.78 is 0. The molecule has 2 aromatic rings. The van der Waals surface area contributed by atoms with E-state index in [1.807, 2.05) is 0 Å². The first-order valence-corrected chi connectivity index (χ1v) is 11.5. The molecular weight excluding hydrogens is 408 g/mol. The Hall–Kier alpha value is -3.18. The zero-order valence-corrected chi connectivity index (χ0v) is 18.9. The van der Waals surface area contributed by atoms with Crippen molar-refractivity contribution in [2.24, 2.45) is 0 Å². The van der Waals surface area contributed by atoms with Crippen molar-refractivity contribution in [1.29, 1.82) is 0 Å². The lowest BCUT2D eigenvalue weighted by Gasteiger charge is -2.06. The Balaban J connectivity index is 1.32. The van der Waals surface area contributed by atoms with E-state index in [-0.39, 0.29) is 23.8 Å². The molecule has 0 bridgehead atoms. The van der Waals surface area contributed by atoms with Gasteiger partial charge >= 0.3 is 0 Å². The number of hydrogen-bond donors (Lipinski definition) is 6. The minimum atomic E-state index is 0.144. The fourth-order valence-corrected chi connectivity index (χ4v) is 3.40. The molecule has 0 aromatic carbocycles. The quantitative estimate of drug-likeness (QED) is 0.194. The van der Waals surface area contributed by atoms with Crippen molar-refractivity contribution in [3.8, 4) is 0 Å². The summed E-state index contributed by atoms with van der Waals surface area (Å²) in [5.74, 6) is 1.47. The highest BCUT2D eigenvalue weighted by molar-refractivity contribution is 5.37. The Morgan fingerprint density at radius 2 is 0.625 bits per heavy atom. The van der Waals surface area contributed by atoms with Gasteiger partial charge in [-0.2, -0.15) is 29.9 Å². The lowest BCUT2D eigenvalue weighted by atomic mass is 10.1. The molecule has 0 saturated heterocycles. The first kappa shape index (κ1) is 25.1. The fraction of sp³-hybridized carbons (Fsp3) is 0.700. The van der Waals surface area contributed by atoms with Crippen LogP contribution in [0.15, 0.2) is 0 Å². The van der Waals surface area contributed by atoms with Gasteiger partial charge in [-0.05, 0) is 12.8 Å². The van der Waals surface area contributed by atoms with Crippen LogP contribution in [-0.2, 0) is 0 Å². The van der Waals surface area contributed by atoms with Crippen molar-refractivity contribution in [1.82, 2.24) is 29.9 Å². The third-order valence-electron chi connectivity index (χ3n) is 5.01. The zero-order valence-electron chi connectivity index (χ0n) is 18.9. The normalized spacial score (nSPS) is 10.9. The van der Waals surface area contributed by atoms with Crippen LogP contribution in [0.3, 0.4) is 0 Å². The van der Waals surface area contributed by atoms with E-state index in [2.05, 4.69) is 40.5 Å². The predicted molar refractivity (Wildman–Crippen MR) is 130 cm³/mol. The Morgan fingerprint density at radius 3 is 0.906 bits per heavy atom. The van der Waals surface area contributed by atoms with Crippen molar-refractivity contribution in [2.45, 2.75) is 77.0 Å². The van der Waals surface area contributed by atoms with Crippen LogP contribution in [-0.4, -0.2) is 43.0 Å². The molecule has 2 aromatic heterocycles. The molecule has 0 unspecified atom stereocenters. The molecule has 0 spiro atoms. The van der Waals surface area contributed by atoms with Gasteiger partial charge in [0.1, 0.15) is 0 Å². The summed E-state index contributed by atoms with van der Waals surface area (Å²) in [6, 6.07) is 0. The largest absolute Gasteiger partial charge is 0.368 e. The molecule has 178 valence electrons. The van der Waals surface area contributed by atoms with Gasteiger partial charge in [0.05, 0.1) is 0 Å². The van der Waals surface area contributed by atoms with Gasteiger partial charge in [-0.3, -0.25) is 0 Å². The van der Waals surface area contributed by atoms with Crippen LogP contribution in [0, 0.1) is 0 Å². The monoisotopic (exact) mass is 446 g/mol. The van der Waals surface area contributed by atoms with Gasteiger partial charge in [-0.25, -0.2) is 0 Å². The molecule has 0 amide bonds. The highest BCUT2D eigenvalue weighted by Crippen LogP contribution is 2.12. The lowest BCUT2D eigenvalue weighted by Crippen LogP contribution is -2.10. The molecule has 0 fully saturated rings. The van der Waals surface area contributed by atoms with E-state index in [1.165, 1.54) is 64.2 Å². The third kappa shape index (κ3) is 11.3. The number of nitrogens with two attached hydrogens (primary N) is 4. The first-order valence-electron chi connectivity index (χ1n) is 11.5. The highest BCUT2D eigenvalue weighted by Gasteiger charge is 2.02. The van der Waals surface area contributed by atoms with E-state index in [4.69, 9.17) is 22.9 Å². The van der Waals surface area contributed by atoms with Crippen LogP contribution in [0.2, 0.25) is 0 Å². The molecule has 2 rings (SSSR count). The SMILES string of the molecule is Nc1nc(N)nc(NCCCCCCCCCCCCCCNc2nc(N)nc(N)n2)n1. The van der Waals surface area contributed by atoms with Gasteiger partial charge in [-0.1, -0.05) is 64.2 Å². The minimum absolute atomic E-state index is 0.144. The number of nitrogens with zero attached hydrogens (tertiary/aromatic N) is 6. The summed E-state index contributed by atoms with van der Waals surface area (Å²) in [5.41, 5.74) is 22.2. The minimum Gasteiger partial charge on any atom is -0.368 e. The predicted octanol–water partition coefficient (Wildman–Crippen LogP) is 2.59. The number of aromatic nitrogens is 6.